The summed E-state index contributed by atoms with van der Waals surface area (Å²) in [4.78, 5) is 14.2. The van der Waals surface area contributed by atoms with Crippen molar-refractivity contribution in [3.63, 3.8) is 0 Å². The van der Waals surface area contributed by atoms with E-state index < -0.39 is 11.8 Å². The van der Waals surface area contributed by atoms with Gasteiger partial charge in [-0.15, -0.1) is 0 Å². The monoisotopic (exact) mass is 215 g/mol. The van der Waals surface area contributed by atoms with Crippen LogP contribution in [0.3, 0.4) is 0 Å². The van der Waals surface area contributed by atoms with Crippen molar-refractivity contribution >= 4 is 23.6 Å². The average molecular weight is 216 g/mol. The summed E-state index contributed by atoms with van der Waals surface area (Å²) in [5, 5.41) is -0.225. The summed E-state index contributed by atoms with van der Waals surface area (Å²) in [5.74, 6) is -1.22. The highest BCUT2D eigenvalue weighted by atomic mass is 35.5. The molecule has 0 aliphatic carbocycles. The van der Waals surface area contributed by atoms with Gasteiger partial charge in [-0.25, -0.2) is 14.2 Å². The van der Waals surface area contributed by atoms with Crippen LogP contribution < -0.4 is 0 Å². The van der Waals surface area contributed by atoms with Crippen molar-refractivity contribution in [3.8, 4) is 0 Å². The van der Waals surface area contributed by atoms with Crippen LogP contribution in [-0.4, -0.2) is 18.1 Å². The van der Waals surface area contributed by atoms with Gasteiger partial charge in [0.25, 0.3) is 0 Å². The van der Waals surface area contributed by atoms with Crippen LogP contribution in [0.15, 0.2) is 18.3 Å². The van der Waals surface area contributed by atoms with E-state index in [1.807, 2.05) is 0 Å². The lowest BCUT2D eigenvalue weighted by Crippen LogP contribution is -1.94. The fourth-order valence-electron chi connectivity index (χ4n) is 0.787. The maximum absolute atomic E-state index is 13.2. The molecule has 5 heteroatoms. The quantitative estimate of drug-likeness (QED) is 0.431. The Hall–Kier alpha value is -1.42. The molecule has 74 valence electrons. The number of methoxy groups -OCH3 is 1. The molecule has 0 fully saturated rings. The van der Waals surface area contributed by atoms with Crippen LogP contribution >= 0.6 is 11.6 Å². The van der Waals surface area contributed by atoms with Gasteiger partial charge < -0.3 is 4.74 Å². The van der Waals surface area contributed by atoms with Crippen LogP contribution in [0.5, 0.6) is 0 Å². The molecular weight excluding hydrogens is 209 g/mol. The number of carbonyl (C=O) groups excluding carboxylic acids is 1. The fraction of sp³-hybridized carbons (Fsp3) is 0.111. The SMILES string of the molecule is COC(=O)/C=C/c1ccnc(Cl)c1F. The molecule has 0 spiro atoms. The van der Waals surface area contributed by atoms with Gasteiger partial charge in [0.2, 0.25) is 0 Å². The molecule has 0 atom stereocenters. The summed E-state index contributed by atoms with van der Waals surface area (Å²) in [6, 6.07) is 1.40. The molecule has 0 aliphatic heterocycles. The van der Waals surface area contributed by atoms with Crippen molar-refractivity contribution in [1.82, 2.24) is 4.98 Å². The number of halogens is 2. The second kappa shape index (κ2) is 4.72. The lowest BCUT2D eigenvalue weighted by molar-refractivity contribution is -0.134. The Bertz CT molecular complexity index is 379. The van der Waals surface area contributed by atoms with E-state index in [4.69, 9.17) is 11.6 Å². The van der Waals surface area contributed by atoms with Crippen molar-refractivity contribution in [2.75, 3.05) is 7.11 Å². The topological polar surface area (TPSA) is 39.2 Å². The molecule has 3 nitrogen and oxygen atoms in total. The molecule has 0 aliphatic rings. The van der Waals surface area contributed by atoms with E-state index in [0.29, 0.717) is 0 Å². The van der Waals surface area contributed by atoms with E-state index in [2.05, 4.69) is 9.72 Å². The number of ether oxygens (including phenoxy) is 1. The van der Waals surface area contributed by atoms with Crippen LogP contribution in [0.25, 0.3) is 6.08 Å². The van der Waals surface area contributed by atoms with Crippen molar-refractivity contribution in [2.24, 2.45) is 0 Å². The van der Waals surface area contributed by atoms with Crippen molar-refractivity contribution in [3.05, 3.63) is 34.9 Å². The summed E-state index contributed by atoms with van der Waals surface area (Å²) in [5.41, 5.74) is 0.190. The second-order valence-electron chi connectivity index (χ2n) is 2.36. The molecule has 1 rings (SSSR count). The molecule has 0 saturated carbocycles. The third-order valence-corrected chi connectivity index (χ3v) is 1.74. The van der Waals surface area contributed by atoms with Crippen LogP contribution in [0, 0.1) is 5.82 Å². The predicted octanol–water partition coefficient (Wildman–Crippen LogP) is 2.06. The van der Waals surface area contributed by atoms with Crippen molar-refractivity contribution in [1.29, 1.82) is 0 Å². The Morgan fingerprint density at radius 2 is 2.43 bits per heavy atom. The van der Waals surface area contributed by atoms with Crippen LogP contribution in [0.1, 0.15) is 5.56 Å². The van der Waals surface area contributed by atoms with Gasteiger partial charge in [-0.1, -0.05) is 11.6 Å². The minimum Gasteiger partial charge on any atom is -0.466 e. The van der Waals surface area contributed by atoms with E-state index in [1.165, 1.54) is 25.4 Å². The summed E-state index contributed by atoms with van der Waals surface area (Å²) in [6.07, 6.45) is 3.73. The number of nitrogens with zero attached hydrogens (tertiary/aromatic N) is 1. The largest absolute Gasteiger partial charge is 0.466 e. The molecule has 14 heavy (non-hydrogen) atoms. The second-order valence-corrected chi connectivity index (χ2v) is 2.72. The maximum atomic E-state index is 13.2. The van der Waals surface area contributed by atoms with Gasteiger partial charge in [-0.3, -0.25) is 0 Å². The smallest absolute Gasteiger partial charge is 0.330 e. The molecule has 0 unspecified atom stereocenters. The predicted molar refractivity (Wildman–Crippen MR) is 50.3 cm³/mol. The maximum Gasteiger partial charge on any atom is 0.330 e. The zero-order valence-corrected chi connectivity index (χ0v) is 8.08. The third-order valence-electron chi connectivity index (χ3n) is 1.48. The number of aromatic nitrogens is 1. The lowest BCUT2D eigenvalue weighted by Gasteiger charge is -1.97. The minimum atomic E-state index is -0.658. The number of hydrogen-bond donors (Lipinski definition) is 0. The van der Waals surface area contributed by atoms with E-state index in [1.54, 1.807) is 0 Å². The number of carbonyl (C=O) groups is 1. The molecular formula is C9H7ClFNO2. The van der Waals surface area contributed by atoms with Gasteiger partial charge in [0, 0.05) is 17.8 Å². The highest BCUT2D eigenvalue weighted by Crippen LogP contribution is 2.15. The van der Waals surface area contributed by atoms with Gasteiger partial charge in [-0.2, -0.15) is 0 Å². The van der Waals surface area contributed by atoms with Crippen LogP contribution in [0.2, 0.25) is 5.15 Å². The fourth-order valence-corrected chi connectivity index (χ4v) is 0.952. The Morgan fingerprint density at radius 3 is 3.07 bits per heavy atom. The minimum absolute atomic E-state index is 0.190. The summed E-state index contributed by atoms with van der Waals surface area (Å²) < 4.78 is 17.5. The first-order chi connectivity index (χ1) is 6.65. The van der Waals surface area contributed by atoms with E-state index in [9.17, 15) is 9.18 Å². The number of esters is 1. The lowest BCUT2D eigenvalue weighted by atomic mass is 10.2. The molecule has 0 radical (unpaired) electrons. The van der Waals surface area contributed by atoms with E-state index in [0.717, 1.165) is 6.08 Å². The first kappa shape index (κ1) is 10.7. The van der Waals surface area contributed by atoms with Gasteiger partial charge >= 0.3 is 5.97 Å². The molecule has 0 bridgehead atoms. The molecule has 1 aromatic rings. The van der Waals surface area contributed by atoms with Crippen molar-refractivity contribution < 1.29 is 13.9 Å². The van der Waals surface area contributed by atoms with Gasteiger partial charge in [0.1, 0.15) is 0 Å². The standard InChI is InChI=1S/C9H7ClFNO2/c1-14-7(13)3-2-6-4-5-12-9(10)8(6)11/h2-5H,1H3/b3-2+. The molecule has 1 aromatic heterocycles. The number of hydrogen-bond acceptors (Lipinski definition) is 3. The molecule has 0 N–H and O–H groups in total. The molecule has 0 aromatic carbocycles. The van der Waals surface area contributed by atoms with E-state index in [-0.39, 0.29) is 10.7 Å². The van der Waals surface area contributed by atoms with Crippen LogP contribution in [-0.2, 0) is 9.53 Å². The van der Waals surface area contributed by atoms with E-state index >= 15 is 0 Å². The Balaban J connectivity index is 2.92. The first-order valence-electron chi connectivity index (χ1n) is 3.71. The zero-order valence-electron chi connectivity index (χ0n) is 7.33. The molecule has 0 amide bonds. The molecule has 1 heterocycles. The summed E-state index contributed by atoms with van der Waals surface area (Å²) in [6.45, 7) is 0. The number of rotatable bonds is 2. The van der Waals surface area contributed by atoms with Crippen molar-refractivity contribution in [2.45, 2.75) is 0 Å². The normalized spacial score (nSPS) is 10.5. The van der Waals surface area contributed by atoms with Crippen LogP contribution in [0.4, 0.5) is 4.39 Å². The molecule has 0 saturated heterocycles. The Kier molecular flexibility index (Phi) is 3.59. The zero-order chi connectivity index (χ0) is 10.6. The summed E-state index contributed by atoms with van der Waals surface area (Å²) in [7, 11) is 1.24. The summed E-state index contributed by atoms with van der Waals surface area (Å²) >= 11 is 5.43. The average Bonchev–Trinajstić information content (AvgIpc) is 2.20. The first-order valence-corrected chi connectivity index (χ1v) is 4.09. The number of pyridine rings is 1. The highest BCUT2D eigenvalue weighted by Gasteiger charge is 2.04. The van der Waals surface area contributed by atoms with Gasteiger partial charge in [-0.05, 0) is 12.1 Å². The van der Waals surface area contributed by atoms with Gasteiger partial charge in [0.05, 0.1) is 7.11 Å². The van der Waals surface area contributed by atoms with Gasteiger partial charge in [0.15, 0.2) is 11.0 Å². The Labute approximate surface area is 85.2 Å². The highest BCUT2D eigenvalue weighted by molar-refractivity contribution is 6.29. The Morgan fingerprint density at radius 1 is 1.71 bits per heavy atom. The third kappa shape index (κ3) is 2.53.